The van der Waals surface area contributed by atoms with Gasteiger partial charge in [-0.05, 0) is 247 Å². The van der Waals surface area contributed by atoms with Gasteiger partial charge in [-0.3, -0.25) is 34.1 Å². The summed E-state index contributed by atoms with van der Waals surface area (Å²) >= 11 is 0. The van der Waals surface area contributed by atoms with Gasteiger partial charge in [-0.25, -0.2) is 0 Å². The van der Waals surface area contributed by atoms with Crippen molar-refractivity contribution in [1.29, 1.82) is 0 Å². The van der Waals surface area contributed by atoms with Crippen LogP contribution in [0.4, 0.5) is 5.69 Å². The van der Waals surface area contributed by atoms with Crippen molar-refractivity contribution in [2.75, 3.05) is 18.0 Å². The van der Waals surface area contributed by atoms with Crippen LogP contribution in [0.5, 0.6) is 0 Å². The minimum absolute atomic E-state index is 0.111. The van der Waals surface area contributed by atoms with Crippen molar-refractivity contribution in [2.24, 2.45) is 40.9 Å². The molecule has 0 radical (unpaired) electrons. The lowest BCUT2D eigenvalue weighted by Gasteiger charge is -2.42. The molecule has 532 valence electrons. The summed E-state index contributed by atoms with van der Waals surface area (Å²) < 4.78 is 0. The van der Waals surface area contributed by atoms with E-state index in [4.69, 9.17) is 0 Å². The van der Waals surface area contributed by atoms with E-state index in [-0.39, 0.29) is 35.0 Å². The van der Waals surface area contributed by atoms with Crippen molar-refractivity contribution >= 4 is 28.8 Å². The summed E-state index contributed by atoms with van der Waals surface area (Å²) in [4.78, 5) is 68.4. The molecule has 1 aliphatic heterocycles. The lowest BCUT2D eigenvalue weighted by molar-refractivity contribution is 0.102. The Labute approximate surface area is 603 Å². The Hall–Kier alpha value is -7.45. The molecule has 4 heterocycles. The number of rotatable bonds is 15. The molecule has 3 saturated carbocycles. The molecule has 5 atom stereocenters. The Morgan fingerprint density at radius 3 is 1.56 bits per heavy atom. The first-order valence-electron chi connectivity index (χ1n) is 38.6. The van der Waals surface area contributed by atoms with Gasteiger partial charge in [-0.1, -0.05) is 199 Å². The summed E-state index contributed by atoms with van der Waals surface area (Å²) in [6.07, 6.45) is 30.9. The highest BCUT2D eigenvalue weighted by Crippen LogP contribution is 2.50. The molecule has 0 N–H and O–H groups in total. The van der Waals surface area contributed by atoms with Crippen molar-refractivity contribution < 1.29 is 19.2 Å². The number of carbonyl (C=O) groups is 4. The third-order valence-corrected chi connectivity index (χ3v) is 23.2. The predicted octanol–water partition coefficient (Wildman–Crippen LogP) is 23.9. The minimum Gasteiger partial charge on any atom is -0.372 e. The summed E-state index contributed by atoms with van der Waals surface area (Å²) in [5.74, 6) is 6.55. The highest BCUT2D eigenvalue weighted by molar-refractivity contribution is 6.14. The van der Waals surface area contributed by atoms with E-state index >= 15 is 0 Å². The second kappa shape index (κ2) is 35.0. The fraction of sp³-hybridized carbons (Fsp3) is 0.511. The molecule has 5 unspecified atom stereocenters. The lowest BCUT2D eigenvalue weighted by Crippen LogP contribution is -2.32. The normalized spacial score (nSPS) is 22.3. The Morgan fingerprint density at radius 2 is 0.940 bits per heavy atom. The number of ketones is 4. The quantitative estimate of drug-likeness (QED) is 0.0739. The van der Waals surface area contributed by atoms with Crippen LogP contribution in [0, 0.1) is 61.7 Å². The molecule has 100 heavy (non-hydrogen) atoms. The van der Waals surface area contributed by atoms with E-state index in [0.29, 0.717) is 29.1 Å². The van der Waals surface area contributed by atoms with E-state index in [1.54, 1.807) is 18.6 Å². The van der Waals surface area contributed by atoms with Gasteiger partial charge in [0.05, 0.1) is 11.4 Å². The molecular formula is C92H120N4O4. The molecule has 0 bridgehead atoms. The van der Waals surface area contributed by atoms with Crippen LogP contribution in [0.15, 0.2) is 161 Å². The second-order valence-electron chi connectivity index (χ2n) is 32.8. The second-order valence-corrected chi connectivity index (χ2v) is 32.8. The molecule has 0 spiro atoms. The topological polar surface area (TPSA) is 110 Å². The van der Waals surface area contributed by atoms with E-state index < -0.39 is 0 Å². The van der Waals surface area contributed by atoms with E-state index in [2.05, 4.69) is 171 Å². The summed E-state index contributed by atoms with van der Waals surface area (Å²) in [6, 6.07) is 32.2. The number of aromatic nitrogens is 3. The molecule has 5 aliphatic carbocycles. The molecule has 8 nitrogen and oxygen atoms in total. The Kier molecular flexibility index (Phi) is 26.8. The van der Waals surface area contributed by atoms with Crippen molar-refractivity contribution in [1.82, 2.24) is 15.0 Å². The number of nitrogens with zero attached hydrogens (tertiary/aromatic N) is 4. The molecule has 6 aromatic rings. The van der Waals surface area contributed by atoms with Crippen molar-refractivity contribution in [2.45, 2.75) is 251 Å². The van der Waals surface area contributed by atoms with Crippen molar-refractivity contribution in [3.63, 3.8) is 0 Å². The summed E-state index contributed by atoms with van der Waals surface area (Å²) in [6.45, 7) is 39.3. The Balaban J connectivity index is 0.000000156. The molecule has 3 aromatic carbocycles. The Bertz CT molecular complexity index is 3990. The standard InChI is InChI=1S/C24H33NO.C24H31NO.C23H29NO.C21H27NO/c1-15(2)22-19(8-7-11-25-22)23(26)20-13-18(12-17(20)4)21-10-9-16(3)14-24(21,5)6;1-17(2)21-9-5-6-10-22(21)24(26)23-16-20(12-11-19(23)4)25-14-7-8-18(3)13-15-25;1-15(2)22-20(6-5-13-24-22)23(25)21-14-19(12-9-17(21)4)18-10-7-16(3)8-11-18;1-14-6-4-7-17(10-9-14)18-12-15(2)20(13-18)21(23)19-8-5-11-22-16(19)3/h7-8,11,13,15-16,21H,9-10,12,14H2,1-6H3;5-6,9-12,16-18H,7-8,13-15H2,1-4H3;5-6,9,12-16,18H,7-8,10-11H2,1-4H3;5,8,11,13-14,17H,4,6-7,9-10,12H2,1-3H3. The van der Waals surface area contributed by atoms with E-state index in [0.717, 1.165) is 128 Å². The van der Waals surface area contributed by atoms with Crippen LogP contribution < -0.4 is 4.90 Å². The molecule has 0 amide bonds. The number of Topliss-reactive ketones (excluding diaryl/α,β-unsaturated/α-hetero) is 2. The van der Waals surface area contributed by atoms with E-state index in [1.807, 2.05) is 75.4 Å². The van der Waals surface area contributed by atoms with Gasteiger partial charge in [0, 0.05) is 87.6 Å². The number of carbonyl (C=O) groups excluding carboxylic acids is 4. The number of anilines is 1. The third-order valence-electron chi connectivity index (χ3n) is 23.2. The smallest absolute Gasteiger partial charge is 0.195 e. The summed E-state index contributed by atoms with van der Waals surface area (Å²) in [5, 5.41) is 0. The maximum atomic E-state index is 13.3. The zero-order valence-corrected chi connectivity index (χ0v) is 64.3. The number of aryl methyl sites for hydroxylation is 3. The molecular weight excluding hydrogens is 1230 g/mol. The first kappa shape index (κ1) is 76.7. The first-order valence-corrected chi connectivity index (χ1v) is 38.6. The van der Waals surface area contributed by atoms with Crippen LogP contribution in [0.1, 0.15) is 322 Å². The highest BCUT2D eigenvalue weighted by atomic mass is 16.1. The van der Waals surface area contributed by atoms with Crippen LogP contribution >= 0.6 is 0 Å². The van der Waals surface area contributed by atoms with Crippen LogP contribution in [-0.2, 0) is 0 Å². The monoisotopic (exact) mass is 1340 g/mol. The number of hydrogen-bond donors (Lipinski definition) is 0. The fourth-order valence-electron chi connectivity index (χ4n) is 17.0. The number of allylic oxidation sites excluding steroid dienone is 8. The van der Waals surface area contributed by atoms with E-state index in [9.17, 15) is 19.2 Å². The van der Waals surface area contributed by atoms with Gasteiger partial charge in [-0.2, -0.15) is 0 Å². The van der Waals surface area contributed by atoms with Gasteiger partial charge in [0.1, 0.15) is 0 Å². The molecule has 1 saturated heterocycles. The van der Waals surface area contributed by atoms with Gasteiger partial charge >= 0.3 is 0 Å². The van der Waals surface area contributed by atoms with Gasteiger partial charge in [0.15, 0.2) is 23.1 Å². The van der Waals surface area contributed by atoms with Crippen LogP contribution in [0.3, 0.4) is 0 Å². The maximum absolute atomic E-state index is 13.3. The number of benzene rings is 3. The summed E-state index contributed by atoms with van der Waals surface area (Å²) in [5.41, 5.74) is 20.7. The molecule has 3 aromatic heterocycles. The highest BCUT2D eigenvalue weighted by Gasteiger charge is 2.39. The van der Waals surface area contributed by atoms with Crippen LogP contribution in [0.2, 0.25) is 0 Å². The first-order chi connectivity index (χ1) is 47.7. The van der Waals surface area contributed by atoms with Crippen molar-refractivity contribution in [3.8, 4) is 0 Å². The zero-order valence-electron chi connectivity index (χ0n) is 64.3. The van der Waals surface area contributed by atoms with Gasteiger partial charge in [0.25, 0.3) is 0 Å². The maximum Gasteiger partial charge on any atom is 0.195 e. The van der Waals surface area contributed by atoms with E-state index in [1.165, 1.54) is 130 Å². The number of hydrogen-bond acceptors (Lipinski definition) is 8. The lowest BCUT2D eigenvalue weighted by atomic mass is 9.63. The summed E-state index contributed by atoms with van der Waals surface area (Å²) in [7, 11) is 0. The average Bonchev–Trinajstić information content (AvgIpc) is 1.56. The van der Waals surface area contributed by atoms with Gasteiger partial charge in [-0.15, -0.1) is 0 Å². The van der Waals surface area contributed by atoms with Crippen LogP contribution in [-0.4, -0.2) is 51.2 Å². The van der Waals surface area contributed by atoms with Crippen molar-refractivity contribution in [3.05, 3.63) is 234 Å². The largest absolute Gasteiger partial charge is 0.372 e. The molecule has 4 fully saturated rings. The average molecular weight is 1350 g/mol. The number of pyridine rings is 3. The SMILES string of the molecule is CC1=C(C(=O)c2cccnc2C(C)C)C=C(C2CCC(C)CC2(C)C)C1.CC1=C(C(=O)c2cccnc2C)C=C(C2CCCC(C)CC2)C1.Cc1ccc(C2CCC(C)CC2)cc1C(=O)c1cccnc1C(C)C.Cc1ccc(N2CCCC(C)CC2)cc1C(=O)c1ccccc1C(C)C. The van der Waals surface area contributed by atoms with Crippen LogP contribution in [0.25, 0.3) is 0 Å². The third kappa shape index (κ3) is 19.2. The predicted molar refractivity (Wildman–Crippen MR) is 416 cm³/mol. The minimum atomic E-state index is 0.111. The Morgan fingerprint density at radius 1 is 0.440 bits per heavy atom. The zero-order chi connectivity index (χ0) is 72.1. The molecule has 12 rings (SSSR count). The fourth-order valence-corrected chi connectivity index (χ4v) is 17.0. The van der Waals surface area contributed by atoms with Gasteiger partial charge < -0.3 is 4.90 Å². The molecule has 6 aliphatic rings. The van der Waals surface area contributed by atoms with Gasteiger partial charge in [0.2, 0.25) is 0 Å². The molecule has 8 heteroatoms.